The molecular weight excluding hydrogens is 258 g/mol. The second kappa shape index (κ2) is 5.87. The van der Waals surface area contributed by atoms with Crippen LogP contribution in [0.2, 0.25) is 0 Å². The van der Waals surface area contributed by atoms with E-state index in [1.54, 1.807) is 11.3 Å². The molecule has 2 aliphatic heterocycles. The molecule has 2 saturated heterocycles. The molecule has 0 saturated carbocycles. The molecule has 0 spiro atoms. The molecule has 3 rings (SSSR count). The lowest BCUT2D eigenvalue weighted by Crippen LogP contribution is -2.32. The summed E-state index contributed by atoms with van der Waals surface area (Å²) in [5, 5.41) is 0. The van der Waals surface area contributed by atoms with E-state index in [0.717, 1.165) is 32.8 Å². The summed E-state index contributed by atoms with van der Waals surface area (Å²) in [5.41, 5.74) is 3.14. The highest BCUT2D eigenvalue weighted by molar-refractivity contribution is 7.09. The predicted octanol–water partition coefficient (Wildman–Crippen LogP) is 1.60. The standard InChI is InChI=1S/C14H23N3OS/c1-3-16-4-5-18-13-8-17(7-12(13)6-16)9-14-11(2)15-10-19-14/h10,12-13H,3-9H2,1-2H3/t12-,13+/m0/s1. The second-order valence-corrected chi connectivity index (χ2v) is 6.56. The zero-order valence-electron chi connectivity index (χ0n) is 11.8. The first kappa shape index (κ1) is 13.5. The Hall–Kier alpha value is -0.490. The van der Waals surface area contributed by atoms with E-state index >= 15 is 0 Å². The molecular formula is C14H23N3OS. The molecule has 3 heterocycles. The zero-order chi connectivity index (χ0) is 13.2. The van der Waals surface area contributed by atoms with Gasteiger partial charge in [0, 0.05) is 43.5 Å². The molecule has 5 heteroatoms. The van der Waals surface area contributed by atoms with Crippen LogP contribution in [0.15, 0.2) is 5.51 Å². The Kier molecular flexibility index (Phi) is 4.17. The van der Waals surface area contributed by atoms with Crippen molar-refractivity contribution in [1.82, 2.24) is 14.8 Å². The monoisotopic (exact) mass is 281 g/mol. The smallest absolute Gasteiger partial charge is 0.0798 e. The van der Waals surface area contributed by atoms with E-state index < -0.39 is 0 Å². The van der Waals surface area contributed by atoms with Gasteiger partial charge in [-0.3, -0.25) is 4.90 Å². The number of hydrogen-bond donors (Lipinski definition) is 0. The SMILES string of the molecule is CCN1CCO[C@@H]2CN(Cc3scnc3C)C[C@@H]2C1. The van der Waals surface area contributed by atoms with E-state index in [-0.39, 0.29) is 0 Å². The Bertz CT molecular complexity index is 423. The van der Waals surface area contributed by atoms with Crippen LogP contribution in [0.4, 0.5) is 0 Å². The fourth-order valence-corrected chi connectivity index (χ4v) is 3.96. The average Bonchev–Trinajstić information content (AvgIpc) is 2.91. The summed E-state index contributed by atoms with van der Waals surface area (Å²) in [4.78, 5) is 10.8. The topological polar surface area (TPSA) is 28.6 Å². The first-order valence-electron chi connectivity index (χ1n) is 7.21. The van der Waals surface area contributed by atoms with Crippen LogP contribution in [0.1, 0.15) is 17.5 Å². The number of likely N-dealkylation sites (tertiary alicyclic amines) is 1. The Morgan fingerprint density at radius 3 is 2.95 bits per heavy atom. The molecule has 106 valence electrons. The second-order valence-electron chi connectivity index (χ2n) is 5.62. The molecule has 19 heavy (non-hydrogen) atoms. The molecule has 2 atom stereocenters. The molecule has 0 unspecified atom stereocenters. The highest BCUT2D eigenvalue weighted by atomic mass is 32.1. The van der Waals surface area contributed by atoms with Gasteiger partial charge in [0.2, 0.25) is 0 Å². The Morgan fingerprint density at radius 1 is 1.37 bits per heavy atom. The number of nitrogens with zero attached hydrogens (tertiary/aromatic N) is 3. The number of thiazole rings is 1. The van der Waals surface area contributed by atoms with E-state index in [1.165, 1.54) is 23.7 Å². The average molecular weight is 281 g/mol. The molecule has 0 aromatic carbocycles. The number of aromatic nitrogens is 1. The number of ether oxygens (including phenoxy) is 1. The van der Waals surface area contributed by atoms with Crippen LogP contribution in [0.5, 0.6) is 0 Å². The normalized spacial score (nSPS) is 29.4. The number of hydrogen-bond acceptors (Lipinski definition) is 5. The van der Waals surface area contributed by atoms with Crippen molar-refractivity contribution in [3.8, 4) is 0 Å². The first-order valence-corrected chi connectivity index (χ1v) is 8.09. The third kappa shape index (κ3) is 2.99. The minimum absolute atomic E-state index is 0.435. The predicted molar refractivity (Wildman–Crippen MR) is 77.5 cm³/mol. The van der Waals surface area contributed by atoms with Gasteiger partial charge in [-0.25, -0.2) is 4.98 Å². The van der Waals surface area contributed by atoms with E-state index in [0.29, 0.717) is 12.0 Å². The molecule has 2 aliphatic rings. The third-order valence-electron chi connectivity index (χ3n) is 4.35. The maximum atomic E-state index is 6.04. The van der Waals surface area contributed by atoms with Crippen LogP contribution in [0.25, 0.3) is 0 Å². The van der Waals surface area contributed by atoms with E-state index in [4.69, 9.17) is 4.74 Å². The number of rotatable bonds is 3. The van der Waals surface area contributed by atoms with Gasteiger partial charge in [-0.2, -0.15) is 0 Å². The lowest BCUT2D eigenvalue weighted by atomic mass is 10.1. The molecule has 0 N–H and O–H groups in total. The van der Waals surface area contributed by atoms with E-state index in [2.05, 4.69) is 28.6 Å². The fraction of sp³-hybridized carbons (Fsp3) is 0.786. The molecule has 0 radical (unpaired) electrons. The molecule has 2 fully saturated rings. The summed E-state index contributed by atoms with van der Waals surface area (Å²) in [6.45, 7) is 12.0. The lowest BCUT2D eigenvalue weighted by molar-refractivity contribution is 0.0512. The van der Waals surface area contributed by atoms with Crippen molar-refractivity contribution in [3.63, 3.8) is 0 Å². The van der Waals surface area contributed by atoms with Gasteiger partial charge in [-0.15, -0.1) is 11.3 Å². The van der Waals surface area contributed by atoms with Crippen molar-refractivity contribution >= 4 is 11.3 Å². The summed E-state index contributed by atoms with van der Waals surface area (Å²) in [7, 11) is 0. The molecule has 0 bridgehead atoms. The van der Waals surface area contributed by atoms with Crippen molar-refractivity contribution in [2.75, 3.05) is 39.3 Å². The van der Waals surface area contributed by atoms with E-state index in [9.17, 15) is 0 Å². The largest absolute Gasteiger partial charge is 0.375 e. The van der Waals surface area contributed by atoms with Crippen molar-refractivity contribution in [2.45, 2.75) is 26.5 Å². The van der Waals surface area contributed by atoms with Gasteiger partial charge in [-0.1, -0.05) is 6.92 Å². The molecule has 1 aromatic rings. The maximum Gasteiger partial charge on any atom is 0.0798 e. The molecule has 0 amide bonds. The molecule has 0 aliphatic carbocycles. The van der Waals surface area contributed by atoms with Gasteiger partial charge in [-0.05, 0) is 13.5 Å². The lowest BCUT2D eigenvalue weighted by Gasteiger charge is -2.21. The quantitative estimate of drug-likeness (QED) is 0.841. The van der Waals surface area contributed by atoms with Crippen molar-refractivity contribution in [2.24, 2.45) is 5.92 Å². The van der Waals surface area contributed by atoms with Gasteiger partial charge < -0.3 is 9.64 Å². The summed E-state index contributed by atoms with van der Waals surface area (Å²) < 4.78 is 6.04. The Morgan fingerprint density at radius 2 is 2.21 bits per heavy atom. The van der Waals surface area contributed by atoms with Gasteiger partial charge in [0.15, 0.2) is 0 Å². The van der Waals surface area contributed by atoms with Gasteiger partial charge in [0.1, 0.15) is 0 Å². The van der Waals surface area contributed by atoms with Crippen molar-refractivity contribution in [3.05, 3.63) is 16.1 Å². The van der Waals surface area contributed by atoms with E-state index in [1.807, 2.05) is 5.51 Å². The number of aryl methyl sites for hydroxylation is 1. The zero-order valence-corrected chi connectivity index (χ0v) is 12.7. The fourth-order valence-electron chi connectivity index (χ4n) is 3.14. The first-order chi connectivity index (χ1) is 9.26. The third-order valence-corrected chi connectivity index (χ3v) is 5.27. The van der Waals surface area contributed by atoms with Crippen LogP contribution >= 0.6 is 11.3 Å². The highest BCUT2D eigenvalue weighted by Gasteiger charge is 2.36. The summed E-state index contributed by atoms with van der Waals surface area (Å²) in [5.74, 6) is 0.677. The Balaban J connectivity index is 1.61. The van der Waals surface area contributed by atoms with Crippen LogP contribution in [-0.2, 0) is 11.3 Å². The molecule has 1 aromatic heterocycles. The van der Waals surface area contributed by atoms with Crippen molar-refractivity contribution in [1.29, 1.82) is 0 Å². The number of fused-ring (bicyclic) bond motifs is 1. The highest BCUT2D eigenvalue weighted by Crippen LogP contribution is 2.26. The van der Waals surface area contributed by atoms with Gasteiger partial charge >= 0.3 is 0 Å². The Labute approximate surface area is 119 Å². The van der Waals surface area contributed by atoms with Crippen molar-refractivity contribution < 1.29 is 4.74 Å². The molecule has 4 nitrogen and oxygen atoms in total. The van der Waals surface area contributed by atoms with Gasteiger partial charge in [0.25, 0.3) is 0 Å². The summed E-state index contributed by atoms with van der Waals surface area (Å²) in [6, 6.07) is 0. The summed E-state index contributed by atoms with van der Waals surface area (Å²) in [6.07, 6.45) is 0.435. The van der Waals surface area contributed by atoms with Crippen LogP contribution in [0, 0.1) is 12.8 Å². The number of likely N-dealkylation sites (N-methyl/N-ethyl adjacent to an activating group) is 1. The van der Waals surface area contributed by atoms with Crippen LogP contribution < -0.4 is 0 Å². The minimum atomic E-state index is 0.435. The maximum absolute atomic E-state index is 6.04. The minimum Gasteiger partial charge on any atom is -0.375 e. The van der Waals surface area contributed by atoms with Crippen LogP contribution in [-0.4, -0.2) is 60.2 Å². The summed E-state index contributed by atoms with van der Waals surface area (Å²) >= 11 is 1.77. The van der Waals surface area contributed by atoms with Gasteiger partial charge in [0.05, 0.1) is 23.9 Å². The van der Waals surface area contributed by atoms with Crippen LogP contribution in [0.3, 0.4) is 0 Å².